The molecule has 2 heterocycles. The molecule has 0 saturated carbocycles. The van der Waals surface area contributed by atoms with Gasteiger partial charge >= 0.3 is 0 Å². The number of carbonyl (C=O) groups excluding carboxylic acids is 1. The smallest absolute Gasteiger partial charge is 0.227 e. The van der Waals surface area contributed by atoms with E-state index in [2.05, 4.69) is 11.1 Å². The summed E-state index contributed by atoms with van der Waals surface area (Å²) in [6.45, 7) is 0.785. The summed E-state index contributed by atoms with van der Waals surface area (Å²) >= 11 is 6.36. The number of fused-ring (bicyclic) bond motifs is 1. The molecule has 0 N–H and O–H groups in total. The highest BCUT2D eigenvalue weighted by Crippen LogP contribution is 2.36. The molecule has 1 fully saturated rings. The van der Waals surface area contributed by atoms with Crippen LogP contribution < -0.4 is 0 Å². The summed E-state index contributed by atoms with van der Waals surface area (Å²) in [5, 5.41) is 2.90. The largest absolute Gasteiger partial charge is 0.335 e. The van der Waals surface area contributed by atoms with Crippen LogP contribution in [0.15, 0.2) is 60.9 Å². The van der Waals surface area contributed by atoms with Gasteiger partial charge in [-0.15, -0.1) is 0 Å². The maximum absolute atomic E-state index is 13.0. The zero-order chi connectivity index (χ0) is 17.2. The third-order valence-electron chi connectivity index (χ3n) is 4.93. The van der Waals surface area contributed by atoms with Gasteiger partial charge in [0.2, 0.25) is 5.91 Å². The second-order valence-corrected chi connectivity index (χ2v) is 6.87. The first-order valence-corrected chi connectivity index (χ1v) is 8.97. The monoisotopic (exact) mass is 350 g/mol. The van der Waals surface area contributed by atoms with E-state index in [-0.39, 0.29) is 11.9 Å². The number of hydrogen-bond donors (Lipinski definition) is 0. The number of benzene rings is 2. The standard InChI is InChI=1S/C21H19ClN2O/c22-19-9-4-3-8-18(19)20-10-5-11-24(20)21(25)12-16-14-23-13-15-6-1-2-7-17(15)16/h1-4,6-9,13-14,20H,5,10-12H2. The third kappa shape index (κ3) is 3.12. The van der Waals surface area contributed by atoms with E-state index in [4.69, 9.17) is 11.6 Å². The molecular formula is C21H19ClN2O. The Morgan fingerprint density at radius 1 is 1.12 bits per heavy atom. The van der Waals surface area contributed by atoms with E-state index in [9.17, 15) is 4.79 Å². The highest BCUT2D eigenvalue weighted by Gasteiger charge is 2.31. The molecule has 0 radical (unpaired) electrons. The van der Waals surface area contributed by atoms with E-state index < -0.39 is 0 Å². The number of carbonyl (C=O) groups is 1. The van der Waals surface area contributed by atoms with Gasteiger partial charge < -0.3 is 4.90 Å². The average Bonchev–Trinajstić information content (AvgIpc) is 3.12. The molecule has 1 amide bonds. The van der Waals surface area contributed by atoms with Crippen LogP contribution >= 0.6 is 11.6 Å². The van der Waals surface area contributed by atoms with Crippen LogP contribution in [0, 0.1) is 0 Å². The van der Waals surface area contributed by atoms with Gasteiger partial charge in [-0.1, -0.05) is 54.1 Å². The third-order valence-corrected chi connectivity index (χ3v) is 5.27. The van der Waals surface area contributed by atoms with Crippen LogP contribution in [0.4, 0.5) is 0 Å². The van der Waals surface area contributed by atoms with E-state index >= 15 is 0 Å². The molecule has 2 aromatic carbocycles. The van der Waals surface area contributed by atoms with Crippen molar-refractivity contribution >= 4 is 28.3 Å². The van der Waals surface area contributed by atoms with Gasteiger partial charge in [0.15, 0.2) is 0 Å². The first-order chi connectivity index (χ1) is 12.2. The molecule has 1 saturated heterocycles. The molecule has 0 aliphatic carbocycles. The van der Waals surface area contributed by atoms with Crippen molar-refractivity contribution in [1.29, 1.82) is 0 Å². The van der Waals surface area contributed by atoms with Gasteiger partial charge in [-0.05, 0) is 35.4 Å². The number of aromatic nitrogens is 1. The number of amides is 1. The Balaban J connectivity index is 1.61. The number of hydrogen-bond acceptors (Lipinski definition) is 2. The number of nitrogens with zero attached hydrogens (tertiary/aromatic N) is 2. The molecule has 126 valence electrons. The van der Waals surface area contributed by atoms with Crippen molar-refractivity contribution in [2.45, 2.75) is 25.3 Å². The molecule has 3 nitrogen and oxygen atoms in total. The lowest BCUT2D eigenvalue weighted by molar-refractivity contribution is -0.131. The zero-order valence-corrected chi connectivity index (χ0v) is 14.6. The Kier molecular flexibility index (Phi) is 4.41. The minimum absolute atomic E-state index is 0.0733. The van der Waals surface area contributed by atoms with Crippen LogP contribution in [0.25, 0.3) is 10.8 Å². The SMILES string of the molecule is O=C(Cc1cncc2ccccc12)N1CCCC1c1ccccc1Cl. The molecule has 1 aliphatic heterocycles. The molecule has 4 rings (SSSR count). The first-order valence-electron chi connectivity index (χ1n) is 8.59. The Labute approximate surface area is 152 Å². The maximum Gasteiger partial charge on any atom is 0.227 e. The maximum atomic E-state index is 13.0. The van der Waals surface area contributed by atoms with Gasteiger partial charge in [-0.25, -0.2) is 0 Å². The second kappa shape index (κ2) is 6.85. The predicted octanol–water partition coefficient (Wildman–Crippen LogP) is 4.79. The normalized spacial score (nSPS) is 17.2. The Morgan fingerprint density at radius 3 is 2.80 bits per heavy atom. The van der Waals surface area contributed by atoms with Crippen LogP contribution in [0.3, 0.4) is 0 Å². The van der Waals surface area contributed by atoms with Gasteiger partial charge in [0, 0.05) is 29.3 Å². The van der Waals surface area contributed by atoms with E-state index in [0.29, 0.717) is 6.42 Å². The lowest BCUT2D eigenvalue weighted by Gasteiger charge is -2.26. The topological polar surface area (TPSA) is 33.2 Å². The number of likely N-dealkylation sites (tertiary alicyclic amines) is 1. The number of pyridine rings is 1. The van der Waals surface area contributed by atoms with Crippen LogP contribution in [0.2, 0.25) is 5.02 Å². The van der Waals surface area contributed by atoms with Crippen molar-refractivity contribution < 1.29 is 4.79 Å². The van der Waals surface area contributed by atoms with E-state index in [1.165, 1.54) is 0 Å². The highest BCUT2D eigenvalue weighted by molar-refractivity contribution is 6.31. The molecular weight excluding hydrogens is 332 g/mol. The summed E-state index contributed by atoms with van der Waals surface area (Å²) in [7, 11) is 0. The minimum Gasteiger partial charge on any atom is -0.335 e. The average molecular weight is 351 g/mol. The molecule has 0 spiro atoms. The van der Waals surface area contributed by atoms with Crippen LogP contribution in [0.5, 0.6) is 0 Å². The molecule has 1 unspecified atom stereocenters. The minimum atomic E-state index is 0.0733. The van der Waals surface area contributed by atoms with E-state index in [0.717, 1.165) is 46.3 Å². The molecule has 0 bridgehead atoms. The molecule has 1 aliphatic rings. The van der Waals surface area contributed by atoms with Crippen molar-refractivity contribution in [2.24, 2.45) is 0 Å². The summed E-state index contributed by atoms with van der Waals surface area (Å²) < 4.78 is 0. The van der Waals surface area contributed by atoms with E-state index in [1.807, 2.05) is 53.6 Å². The number of halogens is 1. The highest BCUT2D eigenvalue weighted by atomic mass is 35.5. The summed E-state index contributed by atoms with van der Waals surface area (Å²) in [4.78, 5) is 19.3. The fraction of sp³-hybridized carbons (Fsp3) is 0.238. The summed E-state index contributed by atoms with van der Waals surface area (Å²) in [6, 6.07) is 16.0. The zero-order valence-electron chi connectivity index (χ0n) is 13.9. The van der Waals surface area contributed by atoms with Crippen molar-refractivity contribution in [3.63, 3.8) is 0 Å². The van der Waals surface area contributed by atoms with Crippen molar-refractivity contribution in [1.82, 2.24) is 9.88 Å². The quantitative estimate of drug-likeness (QED) is 0.680. The van der Waals surface area contributed by atoms with Crippen molar-refractivity contribution in [3.8, 4) is 0 Å². The lowest BCUT2D eigenvalue weighted by Crippen LogP contribution is -2.32. The molecule has 3 aromatic rings. The fourth-order valence-corrected chi connectivity index (χ4v) is 3.98. The van der Waals surface area contributed by atoms with Gasteiger partial charge in [-0.3, -0.25) is 9.78 Å². The van der Waals surface area contributed by atoms with Crippen LogP contribution in [-0.2, 0) is 11.2 Å². The summed E-state index contributed by atoms with van der Waals surface area (Å²) in [6.07, 6.45) is 5.99. The van der Waals surface area contributed by atoms with Crippen molar-refractivity contribution in [2.75, 3.05) is 6.54 Å². The van der Waals surface area contributed by atoms with Crippen LogP contribution in [0.1, 0.15) is 30.0 Å². The molecule has 25 heavy (non-hydrogen) atoms. The van der Waals surface area contributed by atoms with E-state index in [1.54, 1.807) is 6.20 Å². The molecule has 1 aromatic heterocycles. The summed E-state index contributed by atoms with van der Waals surface area (Å²) in [5.74, 6) is 0.139. The van der Waals surface area contributed by atoms with Crippen molar-refractivity contribution in [3.05, 3.63) is 77.1 Å². The van der Waals surface area contributed by atoms with Crippen LogP contribution in [-0.4, -0.2) is 22.3 Å². The van der Waals surface area contributed by atoms with Gasteiger partial charge in [-0.2, -0.15) is 0 Å². The Bertz CT molecular complexity index is 919. The molecule has 4 heteroatoms. The summed E-state index contributed by atoms with van der Waals surface area (Å²) in [5.41, 5.74) is 2.03. The Morgan fingerprint density at radius 2 is 1.92 bits per heavy atom. The van der Waals surface area contributed by atoms with Gasteiger partial charge in [0.25, 0.3) is 0 Å². The van der Waals surface area contributed by atoms with Gasteiger partial charge in [0.05, 0.1) is 12.5 Å². The lowest BCUT2D eigenvalue weighted by atomic mass is 10.0. The fourth-order valence-electron chi connectivity index (χ4n) is 3.72. The predicted molar refractivity (Wildman–Crippen MR) is 101 cm³/mol. The number of rotatable bonds is 3. The second-order valence-electron chi connectivity index (χ2n) is 6.46. The molecule has 1 atom stereocenters. The van der Waals surface area contributed by atoms with Gasteiger partial charge in [0.1, 0.15) is 0 Å². The Hall–Kier alpha value is -2.39. The first kappa shape index (κ1) is 16.1.